The molecule has 1 N–H and O–H groups in total. The van der Waals surface area contributed by atoms with E-state index in [0.29, 0.717) is 6.42 Å². The molecule has 1 aromatic carbocycles. The SMILES string of the molecule is Cc1ccc(C)c([C@H](NC(=O)CCCn2ccnc2)c2ccncc2)c1. The number of carbonyl (C=O) groups excluding carboxylic acids is 1. The third kappa shape index (κ3) is 4.57. The standard InChI is InChI=1S/C21H24N4O/c1-16-5-6-17(2)19(14-16)21(18-7-9-22-10-8-18)24-20(26)4-3-12-25-13-11-23-15-25/h5-11,13-15,21H,3-4,12H2,1-2H3,(H,24,26)/t21-/m1/s1. The highest BCUT2D eigenvalue weighted by Crippen LogP contribution is 2.25. The van der Waals surface area contributed by atoms with Crippen LogP contribution in [0.2, 0.25) is 0 Å². The zero-order valence-corrected chi connectivity index (χ0v) is 15.2. The van der Waals surface area contributed by atoms with Crippen LogP contribution in [0.5, 0.6) is 0 Å². The van der Waals surface area contributed by atoms with Gasteiger partial charge in [0.05, 0.1) is 12.4 Å². The van der Waals surface area contributed by atoms with E-state index in [4.69, 9.17) is 0 Å². The molecule has 2 heterocycles. The minimum Gasteiger partial charge on any atom is -0.345 e. The second-order valence-corrected chi connectivity index (χ2v) is 6.55. The van der Waals surface area contributed by atoms with Crippen molar-refractivity contribution in [3.8, 4) is 0 Å². The van der Waals surface area contributed by atoms with Gasteiger partial charge in [-0.2, -0.15) is 0 Å². The van der Waals surface area contributed by atoms with E-state index in [0.717, 1.165) is 29.7 Å². The van der Waals surface area contributed by atoms with Gasteiger partial charge in [-0.1, -0.05) is 23.8 Å². The molecule has 3 rings (SSSR count). The molecule has 3 aromatic rings. The summed E-state index contributed by atoms with van der Waals surface area (Å²) in [6.45, 7) is 4.93. The average molecular weight is 348 g/mol. The number of pyridine rings is 1. The van der Waals surface area contributed by atoms with E-state index >= 15 is 0 Å². The van der Waals surface area contributed by atoms with Gasteiger partial charge in [-0.15, -0.1) is 0 Å². The van der Waals surface area contributed by atoms with Crippen LogP contribution in [0.1, 0.15) is 41.1 Å². The zero-order chi connectivity index (χ0) is 18.4. The Bertz CT molecular complexity index is 844. The van der Waals surface area contributed by atoms with Crippen molar-refractivity contribution in [2.45, 2.75) is 39.3 Å². The summed E-state index contributed by atoms with van der Waals surface area (Å²) in [7, 11) is 0. The molecule has 0 unspecified atom stereocenters. The third-order valence-corrected chi connectivity index (χ3v) is 4.47. The molecule has 0 saturated heterocycles. The monoisotopic (exact) mass is 348 g/mol. The van der Waals surface area contributed by atoms with Crippen molar-refractivity contribution < 1.29 is 4.79 Å². The van der Waals surface area contributed by atoms with E-state index in [1.165, 1.54) is 5.56 Å². The first-order valence-electron chi connectivity index (χ1n) is 8.85. The predicted molar refractivity (Wildman–Crippen MR) is 102 cm³/mol. The fourth-order valence-corrected chi connectivity index (χ4v) is 3.04. The Kier molecular flexibility index (Phi) is 5.79. The van der Waals surface area contributed by atoms with Crippen LogP contribution in [0, 0.1) is 13.8 Å². The van der Waals surface area contributed by atoms with E-state index in [1.54, 1.807) is 24.9 Å². The molecule has 5 heteroatoms. The molecule has 0 spiro atoms. The molecule has 0 aliphatic rings. The first kappa shape index (κ1) is 17.9. The third-order valence-electron chi connectivity index (χ3n) is 4.47. The van der Waals surface area contributed by atoms with Crippen molar-refractivity contribution in [1.82, 2.24) is 19.9 Å². The number of hydrogen-bond donors (Lipinski definition) is 1. The molecule has 0 radical (unpaired) electrons. The molecule has 0 aliphatic carbocycles. The van der Waals surface area contributed by atoms with E-state index in [9.17, 15) is 4.79 Å². The van der Waals surface area contributed by atoms with Gasteiger partial charge in [-0.05, 0) is 49.1 Å². The second-order valence-electron chi connectivity index (χ2n) is 6.55. The lowest BCUT2D eigenvalue weighted by Gasteiger charge is -2.22. The number of rotatable bonds is 7. The lowest BCUT2D eigenvalue weighted by atomic mass is 9.94. The smallest absolute Gasteiger partial charge is 0.220 e. The summed E-state index contributed by atoms with van der Waals surface area (Å²) in [4.78, 5) is 20.7. The van der Waals surface area contributed by atoms with Gasteiger partial charge in [0.1, 0.15) is 0 Å². The van der Waals surface area contributed by atoms with Crippen LogP contribution < -0.4 is 5.32 Å². The van der Waals surface area contributed by atoms with Crippen molar-refractivity contribution >= 4 is 5.91 Å². The summed E-state index contributed by atoms with van der Waals surface area (Å²) in [5.74, 6) is 0.0489. The molecule has 0 fully saturated rings. The minimum atomic E-state index is -0.168. The van der Waals surface area contributed by atoms with Gasteiger partial charge in [0.2, 0.25) is 5.91 Å². The molecular weight excluding hydrogens is 324 g/mol. The maximum absolute atomic E-state index is 12.6. The van der Waals surface area contributed by atoms with Crippen LogP contribution in [-0.2, 0) is 11.3 Å². The Labute approximate surface area is 154 Å². The normalized spacial score (nSPS) is 11.9. The quantitative estimate of drug-likeness (QED) is 0.710. The van der Waals surface area contributed by atoms with Crippen LogP contribution >= 0.6 is 0 Å². The van der Waals surface area contributed by atoms with E-state index in [2.05, 4.69) is 47.3 Å². The minimum absolute atomic E-state index is 0.0489. The van der Waals surface area contributed by atoms with E-state index < -0.39 is 0 Å². The van der Waals surface area contributed by atoms with Crippen molar-refractivity contribution in [1.29, 1.82) is 0 Å². The summed E-state index contributed by atoms with van der Waals surface area (Å²) < 4.78 is 1.98. The number of aryl methyl sites for hydroxylation is 3. The van der Waals surface area contributed by atoms with Gasteiger partial charge in [-0.3, -0.25) is 9.78 Å². The predicted octanol–water partition coefficient (Wildman–Crippen LogP) is 3.58. The molecule has 0 bridgehead atoms. The number of nitrogens with one attached hydrogen (secondary N) is 1. The number of aromatic nitrogens is 3. The Morgan fingerprint density at radius 1 is 1.12 bits per heavy atom. The van der Waals surface area contributed by atoms with E-state index in [-0.39, 0.29) is 11.9 Å². The maximum atomic E-state index is 12.6. The molecule has 26 heavy (non-hydrogen) atoms. The zero-order valence-electron chi connectivity index (χ0n) is 15.2. The van der Waals surface area contributed by atoms with Gasteiger partial charge < -0.3 is 9.88 Å². The van der Waals surface area contributed by atoms with Crippen LogP contribution in [0.15, 0.2) is 61.4 Å². The van der Waals surface area contributed by atoms with Gasteiger partial charge in [0, 0.05) is 37.8 Å². The van der Waals surface area contributed by atoms with Crippen molar-refractivity contribution in [2.24, 2.45) is 0 Å². The number of imidazole rings is 1. The van der Waals surface area contributed by atoms with Crippen LogP contribution in [0.3, 0.4) is 0 Å². The van der Waals surface area contributed by atoms with E-state index in [1.807, 2.05) is 22.9 Å². The molecule has 134 valence electrons. The Morgan fingerprint density at radius 3 is 2.65 bits per heavy atom. The molecule has 5 nitrogen and oxygen atoms in total. The average Bonchev–Trinajstić information content (AvgIpc) is 3.16. The summed E-state index contributed by atoms with van der Waals surface area (Å²) >= 11 is 0. The van der Waals surface area contributed by atoms with Crippen molar-refractivity contribution in [2.75, 3.05) is 0 Å². The largest absolute Gasteiger partial charge is 0.345 e. The molecule has 2 aromatic heterocycles. The summed E-state index contributed by atoms with van der Waals surface area (Å²) in [5, 5.41) is 3.21. The Morgan fingerprint density at radius 2 is 1.92 bits per heavy atom. The molecule has 1 atom stereocenters. The maximum Gasteiger partial charge on any atom is 0.220 e. The molecule has 0 aliphatic heterocycles. The highest BCUT2D eigenvalue weighted by atomic mass is 16.1. The highest BCUT2D eigenvalue weighted by Gasteiger charge is 2.18. The fraction of sp³-hybridized carbons (Fsp3) is 0.286. The fourth-order valence-electron chi connectivity index (χ4n) is 3.04. The van der Waals surface area contributed by atoms with Gasteiger partial charge in [-0.25, -0.2) is 4.98 Å². The number of benzene rings is 1. The van der Waals surface area contributed by atoms with Crippen LogP contribution in [0.4, 0.5) is 0 Å². The lowest BCUT2D eigenvalue weighted by Crippen LogP contribution is -2.30. The number of hydrogen-bond acceptors (Lipinski definition) is 3. The molecule has 0 saturated carbocycles. The number of nitrogens with zero attached hydrogens (tertiary/aromatic N) is 3. The van der Waals surface area contributed by atoms with Gasteiger partial charge >= 0.3 is 0 Å². The number of carbonyl (C=O) groups is 1. The second kappa shape index (κ2) is 8.43. The molecule has 1 amide bonds. The topological polar surface area (TPSA) is 59.8 Å². The summed E-state index contributed by atoms with van der Waals surface area (Å²) in [6, 6.07) is 10.1. The first-order valence-corrected chi connectivity index (χ1v) is 8.85. The van der Waals surface area contributed by atoms with Crippen molar-refractivity contribution in [3.05, 3.63) is 83.7 Å². The first-order chi connectivity index (χ1) is 12.6. The van der Waals surface area contributed by atoms with Gasteiger partial charge in [0.25, 0.3) is 0 Å². The molecular formula is C21H24N4O. The highest BCUT2D eigenvalue weighted by molar-refractivity contribution is 5.77. The Balaban J connectivity index is 1.73. The van der Waals surface area contributed by atoms with Crippen LogP contribution in [-0.4, -0.2) is 20.4 Å². The van der Waals surface area contributed by atoms with Crippen molar-refractivity contribution in [3.63, 3.8) is 0 Å². The van der Waals surface area contributed by atoms with Crippen LogP contribution in [0.25, 0.3) is 0 Å². The lowest BCUT2D eigenvalue weighted by molar-refractivity contribution is -0.121. The van der Waals surface area contributed by atoms with Gasteiger partial charge in [0.15, 0.2) is 0 Å². The summed E-state index contributed by atoms with van der Waals surface area (Å²) in [6.07, 6.45) is 10.2. The summed E-state index contributed by atoms with van der Waals surface area (Å²) in [5.41, 5.74) is 4.51. The number of amides is 1. The Hall–Kier alpha value is -2.95.